The summed E-state index contributed by atoms with van der Waals surface area (Å²) >= 11 is 0. The van der Waals surface area contributed by atoms with Gasteiger partial charge in [0.25, 0.3) is 12.3 Å². The highest BCUT2D eigenvalue weighted by Gasteiger charge is 2.26. The third-order valence-electron chi connectivity index (χ3n) is 5.61. The molecule has 2 atom stereocenters. The molecule has 0 radical (unpaired) electrons. The number of alkyl halides is 2. The minimum atomic E-state index is -2.76. The first-order chi connectivity index (χ1) is 15.4. The van der Waals surface area contributed by atoms with Gasteiger partial charge < -0.3 is 10.4 Å². The van der Waals surface area contributed by atoms with E-state index in [4.69, 9.17) is 0 Å². The second kappa shape index (κ2) is 10.9. The summed E-state index contributed by atoms with van der Waals surface area (Å²) in [6.45, 7) is 3.52. The van der Waals surface area contributed by atoms with E-state index in [0.29, 0.717) is 12.8 Å². The molecule has 170 valence electrons. The number of hydrogen-bond donors (Lipinski definition) is 2. The molecule has 32 heavy (non-hydrogen) atoms. The molecule has 1 fully saturated rings. The largest absolute Gasteiger partial charge is 0.391 e. The summed E-state index contributed by atoms with van der Waals surface area (Å²) in [5.41, 5.74) is 1.53. The Morgan fingerprint density at radius 1 is 1.34 bits per heavy atom. The molecule has 2 N–H and O–H groups in total. The molecule has 6 nitrogen and oxygen atoms in total. The number of allylic oxidation sites excluding steroid dienone is 2. The average molecular weight is 443 g/mol. The molecule has 1 heterocycles. The molecule has 8 heteroatoms. The van der Waals surface area contributed by atoms with Crippen molar-refractivity contribution in [2.75, 3.05) is 7.05 Å². The van der Waals surface area contributed by atoms with Crippen molar-refractivity contribution in [1.82, 2.24) is 15.1 Å². The van der Waals surface area contributed by atoms with Gasteiger partial charge in [-0.1, -0.05) is 31.6 Å². The maximum Gasteiger partial charge on any atom is 0.269 e. The second-order valence-corrected chi connectivity index (χ2v) is 7.83. The van der Waals surface area contributed by atoms with Crippen LogP contribution in [0.15, 0.2) is 71.5 Å². The average Bonchev–Trinajstić information content (AvgIpc) is 3.33. The lowest BCUT2D eigenvalue weighted by molar-refractivity contribution is -0.116. The van der Waals surface area contributed by atoms with Crippen molar-refractivity contribution in [2.24, 2.45) is 4.99 Å². The number of carbonyl (C=O) groups excluding carboxylic acids is 1. The van der Waals surface area contributed by atoms with Crippen molar-refractivity contribution >= 4 is 11.6 Å². The van der Waals surface area contributed by atoms with Crippen molar-refractivity contribution in [2.45, 2.75) is 50.7 Å². The van der Waals surface area contributed by atoms with Gasteiger partial charge in [-0.3, -0.25) is 9.79 Å². The fourth-order valence-corrected chi connectivity index (χ4v) is 3.72. The van der Waals surface area contributed by atoms with Gasteiger partial charge in [-0.2, -0.15) is 5.10 Å². The van der Waals surface area contributed by atoms with Crippen LogP contribution in [-0.2, 0) is 11.2 Å². The van der Waals surface area contributed by atoms with Gasteiger partial charge in [0.15, 0.2) is 0 Å². The molecule has 0 unspecified atom stereocenters. The highest BCUT2D eigenvalue weighted by molar-refractivity contribution is 6.43. The molecular formula is C24H28F2N4O2. The van der Waals surface area contributed by atoms with Gasteiger partial charge in [0, 0.05) is 25.0 Å². The number of carbonyl (C=O) groups is 1. The van der Waals surface area contributed by atoms with Gasteiger partial charge in [-0.25, -0.2) is 13.5 Å². The van der Waals surface area contributed by atoms with Crippen LogP contribution in [-0.4, -0.2) is 52.1 Å². The van der Waals surface area contributed by atoms with E-state index >= 15 is 0 Å². The Hall–Kier alpha value is -3.13. The quantitative estimate of drug-likeness (QED) is 0.484. The van der Waals surface area contributed by atoms with Gasteiger partial charge in [-0.15, -0.1) is 0 Å². The molecule has 1 amide bonds. The summed E-state index contributed by atoms with van der Waals surface area (Å²) in [5, 5.41) is 17.1. The van der Waals surface area contributed by atoms with Crippen LogP contribution in [0.4, 0.5) is 8.78 Å². The van der Waals surface area contributed by atoms with Crippen LogP contribution in [0.25, 0.3) is 5.69 Å². The van der Waals surface area contributed by atoms with Crippen LogP contribution in [0.2, 0.25) is 0 Å². The predicted molar refractivity (Wildman–Crippen MR) is 120 cm³/mol. The van der Waals surface area contributed by atoms with E-state index in [1.54, 1.807) is 10.9 Å². The topological polar surface area (TPSA) is 79.5 Å². The first kappa shape index (κ1) is 23.5. The zero-order valence-electron chi connectivity index (χ0n) is 18.0. The molecule has 3 rings (SSSR count). The van der Waals surface area contributed by atoms with E-state index in [1.165, 1.54) is 13.1 Å². The minimum Gasteiger partial charge on any atom is -0.391 e. The number of benzene rings is 1. The number of hydrogen-bond acceptors (Lipinski definition) is 4. The first-order valence-corrected chi connectivity index (χ1v) is 10.6. The molecule has 1 aliphatic rings. The number of aliphatic hydroxyl groups excluding tert-OH is 1. The number of aromatic nitrogens is 2. The number of aliphatic imine (C=N–C) groups is 1. The van der Waals surface area contributed by atoms with Crippen LogP contribution >= 0.6 is 0 Å². The van der Waals surface area contributed by atoms with E-state index < -0.39 is 18.4 Å². The van der Waals surface area contributed by atoms with Crippen LogP contribution in [0.1, 0.15) is 31.2 Å². The maximum absolute atomic E-state index is 13.5. The molecule has 1 aromatic heterocycles. The van der Waals surface area contributed by atoms with Crippen molar-refractivity contribution in [3.05, 3.63) is 72.1 Å². The third-order valence-corrected chi connectivity index (χ3v) is 5.61. The first-order valence-electron chi connectivity index (χ1n) is 10.6. The van der Waals surface area contributed by atoms with Crippen LogP contribution in [0, 0.1) is 0 Å². The Kier molecular flexibility index (Phi) is 8.05. The second-order valence-electron chi connectivity index (χ2n) is 7.83. The van der Waals surface area contributed by atoms with Crippen LogP contribution < -0.4 is 5.32 Å². The normalized spacial score (nSPS) is 19.8. The van der Waals surface area contributed by atoms with Crippen LogP contribution in [0.3, 0.4) is 0 Å². The Balaban J connectivity index is 1.79. The van der Waals surface area contributed by atoms with Crippen molar-refractivity contribution in [3.8, 4) is 5.69 Å². The number of rotatable bonds is 8. The van der Waals surface area contributed by atoms with E-state index in [-0.39, 0.29) is 29.3 Å². The van der Waals surface area contributed by atoms with Gasteiger partial charge in [-0.05, 0) is 54.7 Å². The van der Waals surface area contributed by atoms with Crippen LogP contribution in [0.5, 0.6) is 0 Å². The number of amides is 1. The van der Waals surface area contributed by atoms with Gasteiger partial charge in [0.05, 0.1) is 17.8 Å². The van der Waals surface area contributed by atoms with Gasteiger partial charge in [0.1, 0.15) is 5.71 Å². The minimum absolute atomic E-state index is 0.0211. The highest BCUT2D eigenvalue weighted by Crippen LogP contribution is 2.23. The number of aliphatic hydroxyl groups is 1. The van der Waals surface area contributed by atoms with E-state index in [2.05, 4.69) is 22.0 Å². The maximum atomic E-state index is 13.5. The Labute approximate surface area is 186 Å². The lowest BCUT2D eigenvalue weighted by Gasteiger charge is -2.28. The van der Waals surface area contributed by atoms with Gasteiger partial charge >= 0.3 is 0 Å². The summed E-state index contributed by atoms with van der Waals surface area (Å²) in [5.74, 6) is -0.493. The molecule has 0 aliphatic heterocycles. The summed E-state index contributed by atoms with van der Waals surface area (Å²) in [6, 6.07) is 8.78. The zero-order chi connectivity index (χ0) is 23.1. The van der Waals surface area contributed by atoms with E-state index in [9.17, 15) is 18.7 Å². The third kappa shape index (κ3) is 5.97. The molecule has 2 aromatic rings. The standard InChI is InChI=1S/C24H28F2N4O2/c1-16(23(25)26)18(14-17-8-10-19(11-9-17)30-13-5-12-28-30)15-21(27-2)24(32)29-20-6-3-4-7-22(20)31/h5,8-13,15,20,22-23,31H,1,3-4,6-7,14H2,2H3,(H,29,32)/b18-15-,27-21?/t20-,22-/m0/s1. The number of nitrogens with one attached hydrogen (secondary N) is 1. The molecule has 0 spiro atoms. The number of nitrogens with zero attached hydrogens (tertiary/aromatic N) is 3. The summed E-state index contributed by atoms with van der Waals surface area (Å²) < 4.78 is 28.7. The molecule has 0 bridgehead atoms. The summed E-state index contributed by atoms with van der Waals surface area (Å²) in [6.07, 6.45) is 4.77. The zero-order valence-corrected chi connectivity index (χ0v) is 18.0. The van der Waals surface area contributed by atoms with Gasteiger partial charge in [0.2, 0.25) is 0 Å². The highest BCUT2D eigenvalue weighted by atomic mass is 19.3. The van der Waals surface area contributed by atoms with E-state index in [0.717, 1.165) is 24.1 Å². The summed E-state index contributed by atoms with van der Waals surface area (Å²) in [4.78, 5) is 16.7. The molecular weight excluding hydrogens is 414 g/mol. The smallest absolute Gasteiger partial charge is 0.269 e. The molecule has 1 saturated carbocycles. The molecule has 1 aromatic carbocycles. The lowest BCUT2D eigenvalue weighted by Crippen LogP contribution is -2.47. The van der Waals surface area contributed by atoms with Crippen molar-refractivity contribution in [1.29, 1.82) is 0 Å². The number of halogens is 2. The van der Waals surface area contributed by atoms with E-state index in [1.807, 2.05) is 36.5 Å². The Morgan fingerprint density at radius 3 is 2.66 bits per heavy atom. The molecule has 1 aliphatic carbocycles. The summed E-state index contributed by atoms with van der Waals surface area (Å²) in [7, 11) is 1.43. The lowest BCUT2D eigenvalue weighted by atomic mass is 9.92. The SMILES string of the molecule is C=C(/C(=C\C(=NC)C(=O)N[C@H]1CCCC[C@@H]1O)Cc1ccc(-n2cccn2)cc1)C(F)F. The Bertz CT molecular complexity index is 982. The molecule has 0 saturated heterocycles. The fourth-order valence-electron chi connectivity index (χ4n) is 3.72. The van der Waals surface area contributed by atoms with Crippen molar-refractivity contribution < 1.29 is 18.7 Å². The Morgan fingerprint density at radius 2 is 2.06 bits per heavy atom. The van der Waals surface area contributed by atoms with Crippen molar-refractivity contribution in [3.63, 3.8) is 0 Å². The monoisotopic (exact) mass is 442 g/mol. The predicted octanol–water partition coefficient (Wildman–Crippen LogP) is 3.65. The fraction of sp³-hybridized carbons (Fsp3) is 0.375.